The molecule has 2 aliphatic rings. The van der Waals surface area contributed by atoms with E-state index in [0.29, 0.717) is 6.61 Å². The fraction of sp³-hybridized carbons (Fsp3) is 0.182. The van der Waals surface area contributed by atoms with E-state index in [9.17, 15) is 0 Å². The zero-order valence-corrected chi connectivity index (χ0v) is 7.53. The van der Waals surface area contributed by atoms with Gasteiger partial charge in [0, 0.05) is 17.3 Å². The van der Waals surface area contributed by atoms with E-state index in [4.69, 9.17) is 4.74 Å². The highest BCUT2D eigenvalue weighted by molar-refractivity contribution is 5.61. The van der Waals surface area contributed by atoms with Gasteiger partial charge in [0.1, 0.15) is 12.4 Å². The Morgan fingerprint density at radius 2 is 2.36 bits per heavy atom. The maximum absolute atomic E-state index is 5.60. The van der Waals surface area contributed by atoms with Crippen molar-refractivity contribution in [3.05, 3.63) is 41.6 Å². The van der Waals surface area contributed by atoms with E-state index in [0.717, 1.165) is 16.9 Å². The van der Waals surface area contributed by atoms with Crippen LogP contribution >= 0.6 is 0 Å². The van der Waals surface area contributed by atoms with Crippen LogP contribution < -0.4 is 10.1 Å². The number of nitrogens with zero attached hydrogens (tertiary/aromatic N) is 1. The molecule has 1 radical (unpaired) electrons. The fourth-order valence-corrected chi connectivity index (χ4v) is 1.79. The van der Waals surface area contributed by atoms with Gasteiger partial charge in [0.15, 0.2) is 6.34 Å². The monoisotopic (exact) mass is 185 g/mol. The standard InChI is InChI=1S/C11H9N2O/c1-2-4-10-9(3-1)11-8(6-14-10)5-12-7-13-11/h1-5,11H,6H2,(H,12,13). The minimum Gasteiger partial charge on any atom is -0.489 e. The first-order chi connectivity index (χ1) is 6.95. The molecule has 0 saturated carbocycles. The van der Waals surface area contributed by atoms with Gasteiger partial charge in [-0.05, 0) is 6.07 Å². The van der Waals surface area contributed by atoms with Crippen LogP contribution in [0.4, 0.5) is 0 Å². The first-order valence-corrected chi connectivity index (χ1v) is 4.56. The molecule has 0 aromatic heterocycles. The molecule has 0 spiro atoms. The zero-order chi connectivity index (χ0) is 9.38. The molecule has 1 unspecified atom stereocenters. The Labute approximate surface area is 82.1 Å². The van der Waals surface area contributed by atoms with Crippen molar-refractivity contribution in [1.29, 1.82) is 0 Å². The van der Waals surface area contributed by atoms with E-state index >= 15 is 0 Å². The van der Waals surface area contributed by atoms with E-state index in [2.05, 4.69) is 22.7 Å². The van der Waals surface area contributed by atoms with Crippen molar-refractivity contribution in [3.8, 4) is 5.75 Å². The van der Waals surface area contributed by atoms with Crippen molar-refractivity contribution in [2.45, 2.75) is 6.04 Å². The summed E-state index contributed by atoms with van der Waals surface area (Å²) in [5.74, 6) is 0.950. The van der Waals surface area contributed by atoms with Crippen molar-refractivity contribution in [3.63, 3.8) is 0 Å². The first kappa shape index (κ1) is 7.62. The second kappa shape index (κ2) is 2.87. The molecule has 3 nitrogen and oxygen atoms in total. The summed E-state index contributed by atoms with van der Waals surface area (Å²) in [5.41, 5.74) is 2.31. The molecular weight excluding hydrogens is 176 g/mol. The van der Waals surface area contributed by atoms with Crippen LogP contribution in [0, 0.1) is 0 Å². The van der Waals surface area contributed by atoms with E-state index < -0.39 is 0 Å². The molecule has 2 heterocycles. The fourth-order valence-electron chi connectivity index (χ4n) is 1.79. The van der Waals surface area contributed by atoms with Crippen LogP contribution in [-0.4, -0.2) is 12.9 Å². The number of hydrogen-bond acceptors (Lipinski definition) is 3. The summed E-state index contributed by atoms with van der Waals surface area (Å²) < 4.78 is 5.60. The van der Waals surface area contributed by atoms with E-state index in [1.807, 2.05) is 24.4 Å². The van der Waals surface area contributed by atoms with Crippen LogP contribution in [0.2, 0.25) is 0 Å². The molecule has 3 heteroatoms. The van der Waals surface area contributed by atoms with Gasteiger partial charge >= 0.3 is 0 Å². The van der Waals surface area contributed by atoms with Crippen molar-refractivity contribution in [2.75, 3.05) is 6.61 Å². The first-order valence-electron chi connectivity index (χ1n) is 4.56. The van der Waals surface area contributed by atoms with Gasteiger partial charge in [0.25, 0.3) is 0 Å². The van der Waals surface area contributed by atoms with Gasteiger partial charge in [-0.25, -0.2) is 4.99 Å². The van der Waals surface area contributed by atoms with Crippen LogP contribution in [0.1, 0.15) is 11.6 Å². The molecule has 69 valence electrons. The molecule has 0 fully saturated rings. The molecule has 0 amide bonds. The highest BCUT2D eigenvalue weighted by atomic mass is 16.5. The van der Waals surface area contributed by atoms with Gasteiger partial charge in [0.05, 0.1) is 6.04 Å². The number of nitrogens with one attached hydrogen (secondary N) is 1. The molecule has 1 aromatic rings. The van der Waals surface area contributed by atoms with E-state index in [-0.39, 0.29) is 6.04 Å². The van der Waals surface area contributed by atoms with Crippen LogP contribution in [0.5, 0.6) is 5.75 Å². The minimum absolute atomic E-state index is 0.192. The summed E-state index contributed by atoms with van der Waals surface area (Å²) in [6, 6.07) is 8.23. The zero-order valence-electron chi connectivity index (χ0n) is 7.53. The summed E-state index contributed by atoms with van der Waals surface area (Å²) in [7, 11) is 0. The lowest BCUT2D eigenvalue weighted by molar-refractivity contribution is 0.314. The minimum atomic E-state index is 0.192. The lowest BCUT2D eigenvalue weighted by Crippen LogP contribution is -2.30. The molecule has 0 bridgehead atoms. The normalized spacial score (nSPS) is 22.6. The number of benzene rings is 1. The van der Waals surface area contributed by atoms with Crippen molar-refractivity contribution < 1.29 is 4.74 Å². The SMILES string of the molecule is [C]1=NC=C2COc3ccccc3C2N1. The van der Waals surface area contributed by atoms with Gasteiger partial charge in [-0.2, -0.15) is 0 Å². The van der Waals surface area contributed by atoms with Gasteiger partial charge in [-0.15, -0.1) is 0 Å². The Kier molecular flexibility index (Phi) is 1.56. The van der Waals surface area contributed by atoms with Crippen molar-refractivity contribution >= 4 is 6.34 Å². The summed E-state index contributed by atoms with van der Waals surface area (Å²) in [6.07, 6.45) is 4.58. The Morgan fingerprint density at radius 3 is 3.36 bits per heavy atom. The summed E-state index contributed by atoms with van der Waals surface area (Å²) in [4.78, 5) is 3.93. The third-order valence-electron chi connectivity index (χ3n) is 2.50. The van der Waals surface area contributed by atoms with Crippen LogP contribution in [-0.2, 0) is 0 Å². The molecular formula is C11H9N2O. The number of para-hydroxylation sites is 1. The predicted octanol–water partition coefficient (Wildman–Crippen LogP) is 1.51. The average molecular weight is 185 g/mol. The maximum Gasteiger partial charge on any atom is 0.169 e. The van der Waals surface area contributed by atoms with Crippen molar-refractivity contribution in [1.82, 2.24) is 5.32 Å². The quantitative estimate of drug-likeness (QED) is 0.664. The average Bonchev–Trinajstić information content (AvgIpc) is 2.29. The molecule has 1 atom stereocenters. The molecule has 0 aliphatic carbocycles. The lowest BCUT2D eigenvalue weighted by Gasteiger charge is -2.29. The Bertz CT molecular complexity index is 423. The Morgan fingerprint density at radius 1 is 1.43 bits per heavy atom. The number of hydrogen-bond donors (Lipinski definition) is 1. The molecule has 3 rings (SSSR count). The van der Waals surface area contributed by atoms with Crippen LogP contribution in [0.25, 0.3) is 0 Å². The summed E-state index contributed by atoms with van der Waals surface area (Å²) in [6.45, 7) is 0.611. The Balaban J connectivity index is 2.10. The van der Waals surface area contributed by atoms with Gasteiger partial charge < -0.3 is 10.1 Å². The second-order valence-electron chi connectivity index (χ2n) is 3.35. The predicted molar refractivity (Wildman–Crippen MR) is 53.3 cm³/mol. The molecule has 0 saturated heterocycles. The van der Waals surface area contributed by atoms with Crippen LogP contribution in [0.3, 0.4) is 0 Å². The number of ether oxygens (including phenoxy) is 1. The van der Waals surface area contributed by atoms with Gasteiger partial charge in [-0.1, -0.05) is 18.2 Å². The topological polar surface area (TPSA) is 33.6 Å². The van der Waals surface area contributed by atoms with E-state index in [1.165, 1.54) is 0 Å². The second-order valence-corrected chi connectivity index (χ2v) is 3.35. The summed E-state index contributed by atoms with van der Waals surface area (Å²) in [5, 5.41) is 3.11. The Hall–Kier alpha value is -1.77. The number of aliphatic imine (C=N–C) groups is 1. The molecule has 1 aromatic carbocycles. The van der Waals surface area contributed by atoms with Gasteiger partial charge in [0.2, 0.25) is 0 Å². The third-order valence-corrected chi connectivity index (χ3v) is 2.50. The largest absolute Gasteiger partial charge is 0.489 e. The lowest BCUT2D eigenvalue weighted by atomic mass is 9.96. The summed E-state index contributed by atoms with van der Waals surface area (Å²) >= 11 is 0. The number of rotatable bonds is 0. The van der Waals surface area contributed by atoms with Crippen LogP contribution in [0.15, 0.2) is 41.0 Å². The number of fused-ring (bicyclic) bond motifs is 3. The molecule has 2 aliphatic heterocycles. The van der Waals surface area contributed by atoms with E-state index in [1.54, 1.807) is 0 Å². The van der Waals surface area contributed by atoms with Crippen molar-refractivity contribution in [2.24, 2.45) is 4.99 Å². The highest BCUT2D eigenvalue weighted by Gasteiger charge is 2.25. The smallest absolute Gasteiger partial charge is 0.169 e. The molecule has 1 N–H and O–H groups in total. The molecule has 14 heavy (non-hydrogen) atoms. The highest BCUT2D eigenvalue weighted by Crippen LogP contribution is 2.35. The third kappa shape index (κ3) is 1.02. The van der Waals surface area contributed by atoms with Gasteiger partial charge in [-0.3, -0.25) is 0 Å². The maximum atomic E-state index is 5.60.